The summed E-state index contributed by atoms with van der Waals surface area (Å²) in [6.45, 7) is 3.62. The minimum Gasteiger partial charge on any atom is -0.457 e. The van der Waals surface area contributed by atoms with Crippen molar-refractivity contribution in [2.24, 2.45) is 0 Å². The lowest BCUT2D eigenvalue weighted by Gasteiger charge is -2.41. The van der Waals surface area contributed by atoms with Crippen LogP contribution in [0.15, 0.2) is 48.6 Å². The van der Waals surface area contributed by atoms with Crippen LogP contribution < -0.4 is 0 Å². The number of aliphatic hydroxyl groups excluding tert-OH is 3. The Kier molecular flexibility index (Phi) is 27.3. The van der Waals surface area contributed by atoms with Gasteiger partial charge in [0.2, 0.25) is 0 Å². The van der Waals surface area contributed by atoms with Crippen LogP contribution in [0.2, 0.25) is 0 Å². The van der Waals surface area contributed by atoms with Crippen LogP contribution in [0, 0.1) is 0 Å². The van der Waals surface area contributed by atoms with Gasteiger partial charge in [0.1, 0.15) is 30.5 Å². The third kappa shape index (κ3) is 23.5. The smallest absolute Gasteiger partial charge is 0.397 e. The number of hydrogen-bond donors (Lipinski definition) is 4. The van der Waals surface area contributed by atoms with E-state index in [0.29, 0.717) is 13.0 Å². The molecule has 0 aromatic carbocycles. The van der Waals surface area contributed by atoms with E-state index in [9.17, 15) is 28.5 Å². The van der Waals surface area contributed by atoms with Crippen molar-refractivity contribution in [2.45, 2.75) is 153 Å². The third-order valence-electron chi connectivity index (χ3n) is 7.97. The highest BCUT2D eigenvalue weighted by Gasteiger charge is 2.48. The maximum absolute atomic E-state index is 12.4. The van der Waals surface area contributed by atoms with Gasteiger partial charge in [-0.15, -0.1) is 0 Å². The molecule has 6 unspecified atom stereocenters. The van der Waals surface area contributed by atoms with Crippen molar-refractivity contribution in [3.63, 3.8) is 0 Å². The molecule has 0 radical (unpaired) electrons. The number of rotatable bonds is 30. The molecule has 0 saturated carbocycles. The summed E-state index contributed by atoms with van der Waals surface area (Å²) < 4.78 is 58.2. The van der Waals surface area contributed by atoms with E-state index < -0.39 is 59.8 Å². The molecule has 0 aromatic rings. The lowest BCUT2D eigenvalue weighted by Crippen LogP contribution is -2.60. The van der Waals surface area contributed by atoms with Gasteiger partial charge in [-0.05, 0) is 51.4 Å². The molecule has 1 aliphatic rings. The Morgan fingerprint density at radius 3 is 1.98 bits per heavy atom. The Labute approximate surface area is 300 Å². The van der Waals surface area contributed by atoms with Gasteiger partial charge in [-0.3, -0.25) is 9.35 Å². The van der Waals surface area contributed by atoms with E-state index >= 15 is 0 Å². The van der Waals surface area contributed by atoms with Crippen molar-refractivity contribution >= 4 is 16.4 Å². The second-order valence-electron chi connectivity index (χ2n) is 12.4. The molecule has 1 heterocycles. The van der Waals surface area contributed by atoms with Crippen LogP contribution in [0.1, 0.15) is 117 Å². The topological polar surface area (TPSA) is 178 Å². The van der Waals surface area contributed by atoms with E-state index in [1.54, 1.807) is 0 Å². The van der Waals surface area contributed by atoms with Crippen LogP contribution >= 0.6 is 0 Å². The first kappa shape index (κ1) is 46.1. The summed E-state index contributed by atoms with van der Waals surface area (Å²) in [6, 6.07) is 0. The predicted octanol–water partition coefficient (Wildman–Crippen LogP) is 6.06. The zero-order valence-electron chi connectivity index (χ0n) is 30.2. The highest BCUT2D eigenvalue weighted by Crippen LogP contribution is 2.26. The van der Waals surface area contributed by atoms with Crippen molar-refractivity contribution < 1.29 is 56.2 Å². The van der Waals surface area contributed by atoms with E-state index in [4.69, 9.17) is 23.5 Å². The molecular weight excluding hydrogens is 668 g/mol. The van der Waals surface area contributed by atoms with Crippen molar-refractivity contribution in [1.29, 1.82) is 0 Å². The van der Waals surface area contributed by atoms with Crippen LogP contribution in [0.25, 0.3) is 0 Å². The van der Waals surface area contributed by atoms with Gasteiger partial charge in [-0.1, -0.05) is 107 Å². The minimum atomic E-state index is -5.05. The fraction of sp³-hybridized carbons (Fsp3) is 0.757. The average Bonchev–Trinajstić information content (AvgIpc) is 3.08. The molecule has 13 heteroatoms. The number of carbonyl (C=O) groups excluding carboxylic acids is 1. The summed E-state index contributed by atoms with van der Waals surface area (Å²) in [5.41, 5.74) is 0. The largest absolute Gasteiger partial charge is 0.457 e. The first-order valence-electron chi connectivity index (χ1n) is 18.4. The summed E-state index contributed by atoms with van der Waals surface area (Å²) in [7, 11) is -5.05. The van der Waals surface area contributed by atoms with Crippen LogP contribution in [0.5, 0.6) is 0 Å². The molecule has 50 heavy (non-hydrogen) atoms. The van der Waals surface area contributed by atoms with Crippen molar-refractivity contribution in [1.82, 2.24) is 0 Å². The quantitative estimate of drug-likeness (QED) is 0.0291. The molecule has 1 aliphatic heterocycles. The zero-order chi connectivity index (χ0) is 36.9. The summed E-state index contributed by atoms with van der Waals surface area (Å²) in [5, 5.41) is 30.3. The number of aliphatic hydroxyl groups is 3. The Morgan fingerprint density at radius 2 is 1.38 bits per heavy atom. The molecule has 0 spiro atoms. The number of ether oxygens (including phenoxy) is 4. The molecule has 1 rings (SSSR count). The summed E-state index contributed by atoms with van der Waals surface area (Å²) in [6.07, 6.45) is 24.0. The molecule has 0 bridgehead atoms. The van der Waals surface area contributed by atoms with E-state index in [-0.39, 0.29) is 19.6 Å². The second kappa shape index (κ2) is 29.6. The maximum atomic E-state index is 12.4. The SMILES string of the molecule is CC/C=C\C/C=C\C/C=C\C/C=C\CCCCCCCCCOCC(COC1OC(CO)C(O)C(OS(=O)(=O)O)C1O)OC(=O)CCCCC. The highest BCUT2D eigenvalue weighted by atomic mass is 32.3. The van der Waals surface area contributed by atoms with Gasteiger partial charge in [-0.25, -0.2) is 4.18 Å². The number of allylic oxidation sites excluding steroid dienone is 8. The lowest BCUT2D eigenvalue weighted by atomic mass is 9.99. The molecule has 290 valence electrons. The standard InChI is InChI=1S/C37H64O12S/c1-3-5-7-8-9-10-11-12-13-14-15-16-17-18-19-20-21-22-23-25-27-45-29-31(47-33(39)26-24-6-4-2)30-46-37-35(41)36(49-50(42,43)44)34(40)32(28-38)48-37/h5,7,9-10,12-13,15-16,31-32,34-38,40-41H,3-4,6,8,11,14,17-30H2,1-2H3,(H,42,43,44)/b7-5-,10-9-,13-12-,16-15-. The first-order chi connectivity index (χ1) is 24.1. The van der Waals surface area contributed by atoms with Crippen LogP contribution in [-0.2, 0) is 38.3 Å². The van der Waals surface area contributed by atoms with E-state index in [2.05, 4.69) is 59.7 Å². The fourth-order valence-electron chi connectivity index (χ4n) is 5.19. The number of hydrogen-bond acceptors (Lipinski definition) is 11. The second-order valence-corrected chi connectivity index (χ2v) is 13.5. The monoisotopic (exact) mass is 732 g/mol. The predicted molar refractivity (Wildman–Crippen MR) is 193 cm³/mol. The zero-order valence-corrected chi connectivity index (χ0v) is 31.0. The van der Waals surface area contributed by atoms with Gasteiger partial charge >= 0.3 is 16.4 Å². The summed E-state index contributed by atoms with van der Waals surface area (Å²) in [5.74, 6) is -0.431. The maximum Gasteiger partial charge on any atom is 0.397 e. The van der Waals surface area contributed by atoms with Crippen LogP contribution in [0.4, 0.5) is 0 Å². The molecular formula is C37H64O12S. The number of carbonyl (C=O) groups is 1. The Bertz CT molecular complexity index is 1070. The normalized spacial score (nSPS) is 22.4. The molecule has 6 atom stereocenters. The Balaban J connectivity index is 2.32. The van der Waals surface area contributed by atoms with Crippen LogP contribution in [0.3, 0.4) is 0 Å². The molecule has 1 fully saturated rings. The van der Waals surface area contributed by atoms with Gasteiger partial charge in [0.15, 0.2) is 6.29 Å². The van der Waals surface area contributed by atoms with Crippen molar-refractivity contribution in [3.8, 4) is 0 Å². The van der Waals surface area contributed by atoms with Crippen molar-refractivity contribution in [2.75, 3.05) is 26.4 Å². The fourth-order valence-corrected chi connectivity index (χ4v) is 5.70. The van der Waals surface area contributed by atoms with Gasteiger partial charge in [0.25, 0.3) is 0 Å². The molecule has 1 saturated heterocycles. The highest BCUT2D eigenvalue weighted by molar-refractivity contribution is 7.80. The van der Waals surface area contributed by atoms with Gasteiger partial charge in [0.05, 0.1) is 19.8 Å². The summed E-state index contributed by atoms with van der Waals surface area (Å²) >= 11 is 0. The molecule has 0 aromatic heterocycles. The van der Waals surface area contributed by atoms with Crippen LogP contribution in [-0.4, -0.2) is 97.5 Å². The first-order valence-corrected chi connectivity index (χ1v) is 19.8. The third-order valence-corrected chi connectivity index (χ3v) is 8.43. The number of esters is 1. The minimum absolute atomic E-state index is 0.0244. The number of unbranched alkanes of at least 4 members (excludes halogenated alkanes) is 9. The summed E-state index contributed by atoms with van der Waals surface area (Å²) in [4.78, 5) is 12.4. The van der Waals surface area contributed by atoms with E-state index in [0.717, 1.165) is 70.6 Å². The molecule has 0 amide bonds. The molecule has 12 nitrogen and oxygen atoms in total. The van der Waals surface area contributed by atoms with Crippen molar-refractivity contribution in [3.05, 3.63) is 48.6 Å². The van der Waals surface area contributed by atoms with E-state index in [1.807, 2.05) is 6.92 Å². The lowest BCUT2D eigenvalue weighted by molar-refractivity contribution is -0.301. The van der Waals surface area contributed by atoms with Gasteiger partial charge in [-0.2, -0.15) is 8.42 Å². The molecule has 0 aliphatic carbocycles. The van der Waals surface area contributed by atoms with E-state index in [1.165, 1.54) is 19.3 Å². The Morgan fingerprint density at radius 1 is 0.780 bits per heavy atom. The molecule has 4 N–H and O–H groups in total. The van der Waals surface area contributed by atoms with Gasteiger partial charge in [0, 0.05) is 13.0 Å². The Hall–Kier alpha value is -1.94. The van der Waals surface area contributed by atoms with Gasteiger partial charge < -0.3 is 34.3 Å². The average molecular weight is 733 g/mol.